The number of amides is 1. The molecule has 0 unspecified atom stereocenters. The van der Waals surface area contributed by atoms with E-state index in [-0.39, 0.29) is 17.6 Å². The van der Waals surface area contributed by atoms with Crippen molar-refractivity contribution in [2.75, 3.05) is 11.9 Å². The molecule has 3 aromatic rings. The van der Waals surface area contributed by atoms with Crippen LogP contribution in [0.3, 0.4) is 0 Å². The van der Waals surface area contributed by atoms with E-state index in [2.05, 4.69) is 39.4 Å². The molecule has 1 aliphatic heterocycles. The van der Waals surface area contributed by atoms with Crippen LogP contribution in [0.2, 0.25) is 0 Å². The highest BCUT2D eigenvalue weighted by Gasteiger charge is 2.30. The van der Waals surface area contributed by atoms with Gasteiger partial charge in [0.1, 0.15) is 17.0 Å². The number of aryl methyl sites for hydroxylation is 1. The number of carbonyl (C=O) groups excluding carboxylic acids is 1. The summed E-state index contributed by atoms with van der Waals surface area (Å²) in [7, 11) is 0. The zero-order valence-corrected chi connectivity index (χ0v) is 17.7. The van der Waals surface area contributed by atoms with Crippen LogP contribution < -0.4 is 10.6 Å². The Labute approximate surface area is 173 Å². The van der Waals surface area contributed by atoms with E-state index in [0.29, 0.717) is 18.0 Å². The number of thiophene rings is 1. The molecule has 1 amide bonds. The summed E-state index contributed by atoms with van der Waals surface area (Å²) in [5.74, 6) is 0.671. The number of fused-ring (bicyclic) bond motifs is 1. The minimum Gasteiger partial charge on any atom is -0.375 e. The fourth-order valence-electron chi connectivity index (χ4n) is 3.71. The van der Waals surface area contributed by atoms with Crippen LogP contribution in [0.15, 0.2) is 30.7 Å². The molecule has 1 atom stereocenters. The smallest absolute Gasteiger partial charge is 0.261 e. The number of anilines is 1. The van der Waals surface area contributed by atoms with Gasteiger partial charge in [0, 0.05) is 18.8 Å². The van der Waals surface area contributed by atoms with Gasteiger partial charge in [0.2, 0.25) is 0 Å². The molecule has 4 heterocycles. The van der Waals surface area contributed by atoms with E-state index < -0.39 is 0 Å². The number of carbonyl (C=O) groups is 1. The number of hydrogen-bond acceptors (Lipinski definition) is 7. The normalized spacial score (nSPS) is 18.5. The van der Waals surface area contributed by atoms with Crippen molar-refractivity contribution in [1.29, 1.82) is 0 Å². The highest BCUT2D eigenvalue weighted by atomic mass is 32.1. The molecule has 4 rings (SSSR count). The van der Waals surface area contributed by atoms with Crippen molar-refractivity contribution in [3.8, 4) is 0 Å². The number of ether oxygens (including phenoxy) is 1. The van der Waals surface area contributed by atoms with Gasteiger partial charge in [0.25, 0.3) is 5.91 Å². The first-order valence-electron chi connectivity index (χ1n) is 9.76. The third-order valence-corrected chi connectivity index (χ3v) is 6.33. The summed E-state index contributed by atoms with van der Waals surface area (Å²) in [5.41, 5.74) is 1.62. The molecule has 1 aliphatic rings. The molecule has 0 aromatic carbocycles. The predicted octanol–water partition coefficient (Wildman–Crippen LogP) is 3.69. The average molecular weight is 412 g/mol. The molecule has 0 bridgehead atoms. The standard InChI is InChI=1S/C21H25N5O2S/c1-13-16-18(23-11-15-6-4-5-8-22-15)24-12-25-20(16)29-17(13)19(27)26-14-7-9-28-21(2,3)10-14/h4-6,8,12,14H,7,9-11H2,1-3H3,(H,26,27)(H,23,24,25)/t14-/m0/s1. The maximum atomic E-state index is 13.0. The Balaban J connectivity index is 1.55. The van der Waals surface area contributed by atoms with Crippen molar-refractivity contribution in [3.05, 3.63) is 46.9 Å². The summed E-state index contributed by atoms with van der Waals surface area (Å²) < 4.78 is 5.75. The number of nitrogens with one attached hydrogen (secondary N) is 2. The highest BCUT2D eigenvalue weighted by Crippen LogP contribution is 2.34. The largest absolute Gasteiger partial charge is 0.375 e. The maximum absolute atomic E-state index is 13.0. The van der Waals surface area contributed by atoms with E-state index in [1.807, 2.05) is 25.1 Å². The van der Waals surface area contributed by atoms with Gasteiger partial charge in [0.15, 0.2) is 0 Å². The zero-order chi connectivity index (χ0) is 20.4. The van der Waals surface area contributed by atoms with Crippen molar-refractivity contribution < 1.29 is 9.53 Å². The van der Waals surface area contributed by atoms with Crippen LogP contribution in [0.5, 0.6) is 0 Å². The molecule has 1 fully saturated rings. The van der Waals surface area contributed by atoms with Gasteiger partial charge in [-0.1, -0.05) is 6.07 Å². The van der Waals surface area contributed by atoms with Gasteiger partial charge < -0.3 is 15.4 Å². The number of nitrogens with zero attached hydrogens (tertiary/aromatic N) is 3. The Morgan fingerprint density at radius 3 is 2.93 bits per heavy atom. The molecule has 0 spiro atoms. The quantitative estimate of drug-likeness (QED) is 0.666. The van der Waals surface area contributed by atoms with Crippen molar-refractivity contribution in [2.45, 2.75) is 51.8 Å². The Bertz CT molecular complexity index is 1020. The van der Waals surface area contributed by atoms with Gasteiger partial charge in [-0.15, -0.1) is 11.3 Å². The molecule has 1 saturated heterocycles. The lowest BCUT2D eigenvalue weighted by molar-refractivity contribution is -0.0615. The van der Waals surface area contributed by atoms with Crippen LogP contribution in [-0.4, -0.2) is 39.1 Å². The minimum absolute atomic E-state index is 0.0520. The fraction of sp³-hybridized carbons (Fsp3) is 0.429. The second-order valence-electron chi connectivity index (χ2n) is 7.90. The summed E-state index contributed by atoms with van der Waals surface area (Å²) >= 11 is 1.41. The van der Waals surface area contributed by atoms with Gasteiger partial charge in [-0.25, -0.2) is 9.97 Å². The molecule has 2 N–H and O–H groups in total. The molecule has 152 valence electrons. The number of hydrogen-bond donors (Lipinski definition) is 2. The summed E-state index contributed by atoms with van der Waals surface area (Å²) in [4.78, 5) is 27.6. The summed E-state index contributed by atoms with van der Waals surface area (Å²) in [6.07, 6.45) is 4.93. The molecule has 0 saturated carbocycles. The number of rotatable bonds is 5. The van der Waals surface area contributed by atoms with Crippen LogP contribution >= 0.6 is 11.3 Å². The molecule has 29 heavy (non-hydrogen) atoms. The summed E-state index contributed by atoms with van der Waals surface area (Å²) in [6, 6.07) is 5.92. The fourth-order valence-corrected chi connectivity index (χ4v) is 4.76. The van der Waals surface area contributed by atoms with Crippen molar-refractivity contribution >= 4 is 33.3 Å². The molecule has 3 aromatic heterocycles. The number of pyridine rings is 1. The van der Waals surface area contributed by atoms with Crippen molar-refractivity contribution in [1.82, 2.24) is 20.3 Å². The first-order chi connectivity index (χ1) is 13.9. The van der Waals surface area contributed by atoms with Gasteiger partial charge in [-0.2, -0.15) is 0 Å². The first kappa shape index (κ1) is 19.7. The monoisotopic (exact) mass is 411 g/mol. The van der Waals surface area contributed by atoms with Crippen LogP contribution in [0, 0.1) is 6.92 Å². The topological polar surface area (TPSA) is 89.0 Å². The molecular weight excluding hydrogens is 386 g/mol. The van der Waals surface area contributed by atoms with Crippen LogP contribution in [-0.2, 0) is 11.3 Å². The minimum atomic E-state index is -0.209. The third kappa shape index (κ3) is 4.38. The van der Waals surface area contributed by atoms with E-state index in [1.165, 1.54) is 17.7 Å². The average Bonchev–Trinajstić information content (AvgIpc) is 3.04. The maximum Gasteiger partial charge on any atom is 0.261 e. The molecule has 7 nitrogen and oxygen atoms in total. The molecular formula is C21H25N5O2S. The van der Waals surface area contributed by atoms with E-state index in [1.54, 1.807) is 6.20 Å². The second-order valence-corrected chi connectivity index (χ2v) is 8.90. The Kier molecular flexibility index (Phi) is 5.47. The molecule has 0 radical (unpaired) electrons. The number of aromatic nitrogens is 3. The van der Waals surface area contributed by atoms with E-state index in [4.69, 9.17) is 4.74 Å². The Morgan fingerprint density at radius 1 is 1.31 bits per heavy atom. The Morgan fingerprint density at radius 2 is 2.17 bits per heavy atom. The van der Waals surface area contributed by atoms with E-state index in [0.717, 1.165) is 40.1 Å². The SMILES string of the molecule is Cc1c(C(=O)N[C@H]2CCOC(C)(C)C2)sc2ncnc(NCc3ccccn3)c12. The van der Waals surface area contributed by atoms with Gasteiger partial charge in [0.05, 0.1) is 28.1 Å². The van der Waals surface area contributed by atoms with Gasteiger partial charge in [-0.3, -0.25) is 9.78 Å². The molecule has 0 aliphatic carbocycles. The second kappa shape index (κ2) is 8.04. The lowest BCUT2D eigenvalue weighted by Gasteiger charge is -2.35. The lowest BCUT2D eigenvalue weighted by atomic mass is 9.94. The van der Waals surface area contributed by atoms with Gasteiger partial charge in [-0.05, 0) is 51.3 Å². The van der Waals surface area contributed by atoms with Crippen LogP contribution in [0.25, 0.3) is 10.2 Å². The van der Waals surface area contributed by atoms with E-state index >= 15 is 0 Å². The van der Waals surface area contributed by atoms with Crippen LogP contribution in [0.1, 0.15) is 47.6 Å². The highest BCUT2D eigenvalue weighted by molar-refractivity contribution is 7.20. The lowest BCUT2D eigenvalue weighted by Crippen LogP contribution is -2.45. The summed E-state index contributed by atoms with van der Waals surface area (Å²) in [6.45, 7) is 7.30. The van der Waals surface area contributed by atoms with Crippen molar-refractivity contribution in [3.63, 3.8) is 0 Å². The van der Waals surface area contributed by atoms with Crippen LogP contribution in [0.4, 0.5) is 5.82 Å². The first-order valence-corrected chi connectivity index (χ1v) is 10.6. The molecule has 8 heteroatoms. The van der Waals surface area contributed by atoms with Crippen molar-refractivity contribution in [2.24, 2.45) is 0 Å². The predicted molar refractivity (Wildman–Crippen MR) is 114 cm³/mol. The zero-order valence-electron chi connectivity index (χ0n) is 16.9. The Hall–Kier alpha value is -2.58. The third-order valence-electron chi connectivity index (χ3n) is 5.13. The summed E-state index contributed by atoms with van der Waals surface area (Å²) in [5, 5.41) is 7.41. The van der Waals surface area contributed by atoms with E-state index in [9.17, 15) is 4.79 Å². The van der Waals surface area contributed by atoms with Gasteiger partial charge >= 0.3 is 0 Å².